The SMILES string of the molecule is COC(=O)c1cccc([N+](=O)[O-])c1C(=O)[O-].[K+]. The van der Waals surface area contributed by atoms with Gasteiger partial charge in [0.2, 0.25) is 0 Å². The Morgan fingerprint density at radius 3 is 2.35 bits per heavy atom. The number of carbonyl (C=O) groups is 2. The summed E-state index contributed by atoms with van der Waals surface area (Å²) in [5.74, 6) is -2.77. The number of ether oxygens (including phenoxy) is 1. The molecule has 8 heteroatoms. The van der Waals surface area contributed by atoms with Crippen LogP contribution in [0.15, 0.2) is 18.2 Å². The van der Waals surface area contributed by atoms with Crippen LogP contribution in [0.4, 0.5) is 5.69 Å². The van der Waals surface area contributed by atoms with Crippen molar-refractivity contribution in [2.75, 3.05) is 7.11 Å². The van der Waals surface area contributed by atoms with E-state index in [1.165, 1.54) is 6.07 Å². The Bertz CT molecular complexity index is 473. The minimum Gasteiger partial charge on any atom is -0.545 e. The van der Waals surface area contributed by atoms with Crippen molar-refractivity contribution in [2.24, 2.45) is 0 Å². The topological polar surface area (TPSA) is 110 Å². The number of nitro benzene ring substituents is 1. The van der Waals surface area contributed by atoms with Crippen molar-refractivity contribution >= 4 is 17.6 Å². The van der Waals surface area contributed by atoms with Gasteiger partial charge in [-0.2, -0.15) is 0 Å². The van der Waals surface area contributed by atoms with Crippen molar-refractivity contribution in [2.45, 2.75) is 0 Å². The maximum atomic E-state index is 11.2. The van der Waals surface area contributed by atoms with E-state index in [0.717, 1.165) is 19.2 Å². The summed E-state index contributed by atoms with van der Waals surface area (Å²) < 4.78 is 4.31. The average molecular weight is 263 g/mol. The molecule has 0 amide bonds. The maximum absolute atomic E-state index is 11.2. The van der Waals surface area contributed by atoms with E-state index in [9.17, 15) is 24.8 Å². The van der Waals surface area contributed by atoms with Gasteiger partial charge in [-0.05, 0) is 6.07 Å². The predicted octanol–water partition coefficient (Wildman–Crippen LogP) is -3.25. The zero-order valence-electron chi connectivity index (χ0n) is 9.13. The first-order valence-corrected chi connectivity index (χ1v) is 4.06. The summed E-state index contributed by atoms with van der Waals surface area (Å²) in [6, 6.07) is 3.28. The second-order valence-corrected chi connectivity index (χ2v) is 2.74. The van der Waals surface area contributed by atoms with Gasteiger partial charge < -0.3 is 14.6 Å². The fourth-order valence-corrected chi connectivity index (χ4v) is 1.19. The van der Waals surface area contributed by atoms with Gasteiger partial charge in [-0.15, -0.1) is 0 Å². The van der Waals surface area contributed by atoms with Crippen LogP contribution >= 0.6 is 0 Å². The molecule has 0 unspecified atom stereocenters. The van der Waals surface area contributed by atoms with Gasteiger partial charge in [0, 0.05) is 6.07 Å². The third kappa shape index (κ3) is 3.58. The molecule has 0 radical (unpaired) electrons. The Labute approximate surface area is 138 Å². The van der Waals surface area contributed by atoms with Crippen molar-refractivity contribution < 1.29 is 75.7 Å². The van der Waals surface area contributed by atoms with E-state index in [-0.39, 0.29) is 51.4 Å². The number of hydrogen-bond acceptors (Lipinski definition) is 6. The third-order valence-corrected chi connectivity index (χ3v) is 1.85. The molecule has 0 atom stereocenters. The van der Waals surface area contributed by atoms with Crippen LogP contribution in [0, 0.1) is 10.1 Å². The Morgan fingerprint density at radius 1 is 1.35 bits per heavy atom. The van der Waals surface area contributed by atoms with Gasteiger partial charge in [0.25, 0.3) is 5.69 Å². The molecule has 0 heterocycles. The van der Waals surface area contributed by atoms with Crippen LogP contribution in [0.1, 0.15) is 20.7 Å². The van der Waals surface area contributed by atoms with Crippen molar-refractivity contribution in [1.29, 1.82) is 0 Å². The molecule has 84 valence electrons. The first-order valence-electron chi connectivity index (χ1n) is 4.06. The number of carboxylic acids is 1. The molecular weight excluding hydrogens is 257 g/mol. The second-order valence-electron chi connectivity index (χ2n) is 2.74. The number of esters is 1. The van der Waals surface area contributed by atoms with E-state index >= 15 is 0 Å². The number of carbonyl (C=O) groups excluding carboxylic acids is 2. The minimum absolute atomic E-state index is 0. The molecule has 0 N–H and O–H groups in total. The molecule has 0 fully saturated rings. The number of aromatic carboxylic acids is 1. The Morgan fingerprint density at radius 2 is 1.94 bits per heavy atom. The van der Waals surface area contributed by atoms with Crippen molar-refractivity contribution in [3.05, 3.63) is 39.4 Å². The third-order valence-electron chi connectivity index (χ3n) is 1.85. The van der Waals surface area contributed by atoms with Gasteiger partial charge in [-0.25, -0.2) is 4.79 Å². The average Bonchev–Trinajstić information content (AvgIpc) is 2.26. The molecule has 1 rings (SSSR count). The van der Waals surface area contributed by atoms with E-state index < -0.39 is 33.7 Å². The summed E-state index contributed by atoms with van der Waals surface area (Å²) in [6.07, 6.45) is 0. The zero-order valence-corrected chi connectivity index (χ0v) is 12.3. The van der Waals surface area contributed by atoms with E-state index in [4.69, 9.17) is 0 Å². The van der Waals surface area contributed by atoms with E-state index in [2.05, 4.69) is 4.74 Å². The van der Waals surface area contributed by atoms with Crippen molar-refractivity contribution in [3.8, 4) is 0 Å². The standard InChI is InChI=1S/C9H7NO6.K/c1-16-9(13)5-3-2-4-6(10(14)15)7(5)8(11)12;/h2-4H,1H3,(H,11,12);/q;+1/p-1. The molecule has 1 aromatic carbocycles. The van der Waals surface area contributed by atoms with Gasteiger partial charge in [0.1, 0.15) is 0 Å². The monoisotopic (exact) mass is 263 g/mol. The van der Waals surface area contributed by atoms with Crippen LogP contribution in [-0.2, 0) is 4.74 Å². The summed E-state index contributed by atoms with van der Waals surface area (Å²) >= 11 is 0. The molecule has 17 heavy (non-hydrogen) atoms. The molecular formula is C9H6KNO6. The molecule has 1 aromatic rings. The second kappa shape index (κ2) is 6.82. The van der Waals surface area contributed by atoms with Crippen LogP contribution in [0.3, 0.4) is 0 Å². The van der Waals surface area contributed by atoms with Crippen LogP contribution in [0.5, 0.6) is 0 Å². The fraction of sp³-hybridized carbons (Fsp3) is 0.111. The molecule has 7 nitrogen and oxygen atoms in total. The van der Waals surface area contributed by atoms with Gasteiger partial charge in [0.05, 0.1) is 29.1 Å². The number of rotatable bonds is 3. The molecule has 0 aliphatic rings. The molecule has 0 spiro atoms. The summed E-state index contributed by atoms with van der Waals surface area (Å²) in [4.78, 5) is 31.6. The van der Waals surface area contributed by atoms with Crippen LogP contribution in [-0.4, -0.2) is 24.0 Å². The number of nitro groups is 1. The maximum Gasteiger partial charge on any atom is 1.00 e. The van der Waals surface area contributed by atoms with Crippen molar-refractivity contribution in [1.82, 2.24) is 0 Å². The number of carboxylic acid groups (broad SMARTS) is 1. The molecule has 0 bridgehead atoms. The summed E-state index contributed by atoms with van der Waals surface area (Å²) in [5, 5.41) is 21.3. The zero-order chi connectivity index (χ0) is 12.3. The quantitative estimate of drug-likeness (QED) is 0.245. The molecule has 0 aliphatic heterocycles. The molecule has 0 aliphatic carbocycles. The summed E-state index contributed by atoms with van der Waals surface area (Å²) in [6.45, 7) is 0. The Kier molecular flexibility index (Phi) is 6.49. The normalized spacial score (nSPS) is 9.00. The largest absolute Gasteiger partial charge is 1.00 e. The molecule has 0 saturated heterocycles. The first-order chi connectivity index (χ1) is 7.49. The van der Waals surface area contributed by atoms with E-state index in [1.54, 1.807) is 0 Å². The van der Waals surface area contributed by atoms with Crippen LogP contribution in [0.2, 0.25) is 0 Å². The summed E-state index contributed by atoms with van der Waals surface area (Å²) in [5.41, 5.74) is -1.89. The summed E-state index contributed by atoms with van der Waals surface area (Å²) in [7, 11) is 1.04. The smallest absolute Gasteiger partial charge is 0.545 e. The fourth-order valence-electron chi connectivity index (χ4n) is 1.19. The number of methoxy groups -OCH3 is 1. The molecule has 0 aromatic heterocycles. The molecule has 0 saturated carbocycles. The first kappa shape index (κ1) is 16.2. The Hall–Kier alpha value is -0.804. The number of hydrogen-bond donors (Lipinski definition) is 0. The van der Waals surface area contributed by atoms with Crippen LogP contribution in [0.25, 0.3) is 0 Å². The van der Waals surface area contributed by atoms with Gasteiger partial charge in [0.15, 0.2) is 0 Å². The number of nitrogens with zero attached hydrogens (tertiary/aromatic N) is 1. The van der Waals surface area contributed by atoms with Gasteiger partial charge in [-0.1, -0.05) is 6.07 Å². The predicted molar refractivity (Wildman–Crippen MR) is 48.8 cm³/mol. The van der Waals surface area contributed by atoms with E-state index in [0.29, 0.717) is 0 Å². The van der Waals surface area contributed by atoms with Gasteiger partial charge in [-0.3, -0.25) is 10.1 Å². The minimum atomic E-state index is -1.80. The van der Waals surface area contributed by atoms with Crippen LogP contribution < -0.4 is 56.5 Å². The Balaban J connectivity index is 0.00000256. The van der Waals surface area contributed by atoms with E-state index in [1.807, 2.05) is 0 Å². The van der Waals surface area contributed by atoms with Gasteiger partial charge >= 0.3 is 57.4 Å². The number of benzene rings is 1. The van der Waals surface area contributed by atoms with Crippen molar-refractivity contribution in [3.63, 3.8) is 0 Å².